The predicted octanol–water partition coefficient (Wildman–Crippen LogP) is 2.75. The van der Waals surface area contributed by atoms with Crippen molar-refractivity contribution in [3.05, 3.63) is 36.4 Å². The first-order valence-corrected chi connectivity index (χ1v) is 8.07. The molecule has 1 aromatic heterocycles. The van der Waals surface area contributed by atoms with Gasteiger partial charge in [0.25, 0.3) is 0 Å². The molecule has 1 unspecified atom stereocenters. The fourth-order valence-corrected chi connectivity index (χ4v) is 2.96. The summed E-state index contributed by atoms with van der Waals surface area (Å²) < 4.78 is 13.1. The van der Waals surface area contributed by atoms with E-state index in [0.717, 1.165) is 40.3 Å². The molecule has 0 radical (unpaired) electrons. The molecule has 3 aromatic rings. The van der Waals surface area contributed by atoms with Crippen LogP contribution in [0, 0.1) is 0 Å². The van der Waals surface area contributed by atoms with Crippen molar-refractivity contribution in [2.75, 3.05) is 12.5 Å². The van der Waals surface area contributed by atoms with Gasteiger partial charge in [-0.2, -0.15) is 0 Å². The van der Waals surface area contributed by atoms with E-state index in [-0.39, 0.29) is 12.8 Å². The number of nitrogens with two attached hydrogens (primary N) is 2. The Kier molecular flexibility index (Phi) is 3.54. The van der Waals surface area contributed by atoms with Crippen LogP contribution < -0.4 is 20.9 Å². The summed E-state index contributed by atoms with van der Waals surface area (Å²) in [7, 11) is 0. The molecule has 4 N–H and O–H groups in total. The number of nitrogen functional groups attached to an aromatic ring is 1. The van der Waals surface area contributed by atoms with Gasteiger partial charge in [0.15, 0.2) is 11.5 Å². The molecule has 2 aromatic carbocycles. The number of nitrogens with zero attached hydrogens (tertiary/aromatic N) is 2. The van der Waals surface area contributed by atoms with Gasteiger partial charge in [0.1, 0.15) is 5.82 Å². The normalized spacial score (nSPS) is 14.2. The third kappa shape index (κ3) is 2.45. The zero-order valence-corrected chi connectivity index (χ0v) is 13.5. The fraction of sp³-hybridized carbons (Fsp3) is 0.278. The standard InChI is InChI=1S/C18H20N4O2/c1-2-12(19)9-22-15-8-17-16(23-10-24-17)7-14(15)21-18(22)11-4-3-5-13(20)6-11/h3-8,12H,2,9-10,19-20H2,1H3. The van der Waals surface area contributed by atoms with Crippen LogP contribution in [-0.4, -0.2) is 22.4 Å². The number of anilines is 1. The van der Waals surface area contributed by atoms with E-state index < -0.39 is 0 Å². The van der Waals surface area contributed by atoms with Gasteiger partial charge >= 0.3 is 0 Å². The number of rotatable bonds is 4. The lowest BCUT2D eigenvalue weighted by Gasteiger charge is -2.14. The van der Waals surface area contributed by atoms with Gasteiger partial charge in [-0.1, -0.05) is 19.1 Å². The SMILES string of the molecule is CCC(N)Cn1c(-c2cccc(N)c2)nc2cc3c(cc21)OCO3. The molecule has 6 nitrogen and oxygen atoms in total. The molecule has 0 fully saturated rings. The van der Waals surface area contributed by atoms with E-state index in [1.165, 1.54) is 0 Å². The Labute approximate surface area is 140 Å². The summed E-state index contributed by atoms with van der Waals surface area (Å²) in [5.41, 5.74) is 15.7. The molecule has 0 aliphatic carbocycles. The van der Waals surface area contributed by atoms with Crippen molar-refractivity contribution in [2.45, 2.75) is 25.9 Å². The van der Waals surface area contributed by atoms with Crippen LogP contribution in [0.2, 0.25) is 0 Å². The maximum atomic E-state index is 6.22. The lowest BCUT2D eigenvalue weighted by molar-refractivity contribution is 0.174. The molecular weight excluding hydrogens is 304 g/mol. The van der Waals surface area contributed by atoms with Crippen LogP contribution in [-0.2, 0) is 6.54 Å². The first kappa shape index (κ1) is 14.8. The highest BCUT2D eigenvalue weighted by molar-refractivity contribution is 5.84. The van der Waals surface area contributed by atoms with E-state index >= 15 is 0 Å². The summed E-state index contributed by atoms with van der Waals surface area (Å²) in [4.78, 5) is 4.81. The Balaban J connectivity index is 1.92. The average molecular weight is 324 g/mol. The summed E-state index contributed by atoms with van der Waals surface area (Å²) in [6.45, 7) is 3.01. The molecule has 1 aliphatic heterocycles. The van der Waals surface area contributed by atoms with Crippen LogP contribution in [0.3, 0.4) is 0 Å². The summed E-state index contributed by atoms with van der Waals surface area (Å²) in [6.07, 6.45) is 0.889. The zero-order valence-electron chi connectivity index (χ0n) is 13.5. The summed E-state index contributed by atoms with van der Waals surface area (Å²) >= 11 is 0. The highest BCUT2D eigenvalue weighted by Gasteiger charge is 2.20. The zero-order chi connectivity index (χ0) is 16.7. The van der Waals surface area contributed by atoms with Crippen LogP contribution in [0.1, 0.15) is 13.3 Å². The van der Waals surface area contributed by atoms with Crippen molar-refractivity contribution in [1.82, 2.24) is 9.55 Å². The lowest BCUT2D eigenvalue weighted by atomic mass is 10.1. The van der Waals surface area contributed by atoms with Crippen LogP contribution in [0.25, 0.3) is 22.4 Å². The molecule has 0 spiro atoms. The molecule has 24 heavy (non-hydrogen) atoms. The minimum atomic E-state index is 0.0487. The van der Waals surface area contributed by atoms with Gasteiger partial charge in [-0.3, -0.25) is 0 Å². The Morgan fingerprint density at radius 2 is 2.00 bits per heavy atom. The lowest BCUT2D eigenvalue weighted by Crippen LogP contribution is -2.25. The van der Waals surface area contributed by atoms with E-state index in [1.807, 2.05) is 36.4 Å². The van der Waals surface area contributed by atoms with Crippen molar-refractivity contribution >= 4 is 16.7 Å². The van der Waals surface area contributed by atoms with E-state index in [0.29, 0.717) is 12.2 Å². The van der Waals surface area contributed by atoms with E-state index in [9.17, 15) is 0 Å². The van der Waals surface area contributed by atoms with Crippen molar-refractivity contribution in [2.24, 2.45) is 5.73 Å². The number of hydrogen-bond donors (Lipinski definition) is 2. The summed E-state index contributed by atoms with van der Waals surface area (Å²) in [5.74, 6) is 2.32. The first-order chi connectivity index (χ1) is 11.7. The highest BCUT2D eigenvalue weighted by Crippen LogP contribution is 2.37. The van der Waals surface area contributed by atoms with Gasteiger partial charge in [0.2, 0.25) is 6.79 Å². The Morgan fingerprint density at radius 3 is 2.75 bits per heavy atom. The highest BCUT2D eigenvalue weighted by atomic mass is 16.7. The maximum Gasteiger partial charge on any atom is 0.231 e. The van der Waals surface area contributed by atoms with Gasteiger partial charge in [0.05, 0.1) is 11.0 Å². The van der Waals surface area contributed by atoms with Crippen LogP contribution in [0.15, 0.2) is 36.4 Å². The van der Waals surface area contributed by atoms with E-state index in [1.54, 1.807) is 0 Å². The molecular formula is C18H20N4O2. The van der Waals surface area contributed by atoms with Crippen molar-refractivity contribution in [3.63, 3.8) is 0 Å². The predicted molar refractivity (Wildman–Crippen MR) is 94.0 cm³/mol. The van der Waals surface area contributed by atoms with E-state index in [4.69, 9.17) is 25.9 Å². The number of benzene rings is 2. The topological polar surface area (TPSA) is 88.3 Å². The second-order valence-electron chi connectivity index (χ2n) is 6.03. The van der Waals surface area contributed by atoms with Crippen molar-refractivity contribution in [1.29, 1.82) is 0 Å². The Bertz CT molecular complexity index is 903. The van der Waals surface area contributed by atoms with Crippen LogP contribution >= 0.6 is 0 Å². The third-order valence-corrected chi connectivity index (χ3v) is 4.33. The number of aromatic nitrogens is 2. The Hall–Kier alpha value is -2.73. The molecule has 4 rings (SSSR count). The number of hydrogen-bond acceptors (Lipinski definition) is 5. The van der Waals surface area contributed by atoms with Crippen LogP contribution in [0.5, 0.6) is 11.5 Å². The summed E-state index contributed by atoms with van der Waals surface area (Å²) in [6, 6.07) is 11.7. The quantitative estimate of drug-likeness (QED) is 0.720. The molecule has 6 heteroatoms. The third-order valence-electron chi connectivity index (χ3n) is 4.33. The maximum absolute atomic E-state index is 6.22. The molecule has 124 valence electrons. The average Bonchev–Trinajstić information content (AvgIpc) is 3.17. The summed E-state index contributed by atoms with van der Waals surface area (Å²) in [5, 5.41) is 0. The molecule has 1 atom stereocenters. The second kappa shape index (κ2) is 5.72. The van der Waals surface area contributed by atoms with Gasteiger partial charge in [-0.25, -0.2) is 4.98 Å². The number of fused-ring (bicyclic) bond motifs is 2. The first-order valence-electron chi connectivity index (χ1n) is 8.07. The van der Waals surface area contributed by atoms with Gasteiger partial charge in [0, 0.05) is 36.0 Å². The van der Waals surface area contributed by atoms with Gasteiger partial charge < -0.3 is 25.5 Å². The van der Waals surface area contributed by atoms with Gasteiger partial charge in [-0.15, -0.1) is 0 Å². The molecule has 1 aliphatic rings. The van der Waals surface area contributed by atoms with Crippen molar-refractivity contribution < 1.29 is 9.47 Å². The molecule has 0 amide bonds. The minimum absolute atomic E-state index is 0.0487. The van der Waals surface area contributed by atoms with Crippen LogP contribution in [0.4, 0.5) is 5.69 Å². The number of imidazole rings is 1. The number of ether oxygens (including phenoxy) is 2. The molecule has 0 bridgehead atoms. The smallest absolute Gasteiger partial charge is 0.231 e. The van der Waals surface area contributed by atoms with Gasteiger partial charge in [-0.05, 0) is 18.6 Å². The van der Waals surface area contributed by atoms with E-state index in [2.05, 4.69) is 11.5 Å². The molecule has 0 saturated heterocycles. The fourth-order valence-electron chi connectivity index (χ4n) is 2.96. The minimum Gasteiger partial charge on any atom is -0.454 e. The monoisotopic (exact) mass is 324 g/mol. The van der Waals surface area contributed by atoms with Crippen molar-refractivity contribution in [3.8, 4) is 22.9 Å². The Morgan fingerprint density at radius 1 is 1.21 bits per heavy atom. The molecule has 0 saturated carbocycles. The largest absolute Gasteiger partial charge is 0.454 e. The molecule has 2 heterocycles. The second-order valence-corrected chi connectivity index (χ2v) is 6.03.